The van der Waals surface area contributed by atoms with Crippen molar-refractivity contribution in [2.45, 2.75) is 46.4 Å². The van der Waals surface area contributed by atoms with Crippen LogP contribution in [0.15, 0.2) is 18.2 Å². The number of aryl methyl sites for hydroxylation is 2. The summed E-state index contributed by atoms with van der Waals surface area (Å²) in [7, 11) is 1.95. The van der Waals surface area contributed by atoms with Crippen molar-refractivity contribution >= 4 is 0 Å². The fraction of sp³-hybridized carbons (Fsp3) is 0.471. The molecular formula is C17H24FN3O. The third kappa shape index (κ3) is 3.36. The van der Waals surface area contributed by atoms with Crippen LogP contribution in [0.2, 0.25) is 0 Å². The maximum atomic E-state index is 13.4. The first-order chi connectivity index (χ1) is 10.5. The monoisotopic (exact) mass is 305 g/mol. The highest BCUT2D eigenvalue weighted by Crippen LogP contribution is 2.24. The zero-order valence-corrected chi connectivity index (χ0v) is 13.7. The lowest BCUT2D eigenvalue weighted by atomic mass is 10.0. The van der Waals surface area contributed by atoms with E-state index >= 15 is 0 Å². The molecule has 22 heavy (non-hydrogen) atoms. The van der Waals surface area contributed by atoms with Gasteiger partial charge >= 0.3 is 0 Å². The van der Waals surface area contributed by atoms with E-state index in [9.17, 15) is 4.39 Å². The second kappa shape index (κ2) is 7.03. The molecule has 2 aromatic rings. The summed E-state index contributed by atoms with van der Waals surface area (Å²) < 4.78 is 15.3. The van der Waals surface area contributed by atoms with Crippen LogP contribution < -0.4 is 5.32 Å². The van der Waals surface area contributed by atoms with Crippen LogP contribution in [-0.4, -0.2) is 14.9 Å². The van der Waals surface area contributed by atoms with Gasteiger partial charge in [-0.05, 0) is 38.0 Å². The van der Waals surface area contributed by atoms with E-state index in [4.69, 9.17) is 5.11 Å². The van der Waals surface area contributed by atoms with E-state index in [-0.39, 0.29) is 18.5 Å². The Morgan fingerprint density at radius 1 is 1.36 bits per heavy atom. The van der Waals surface area contributed by atoms with Crippen LogP contribution in [-0.2, 0) is 20.2 Å². The summed E-state index contributed by atoms with van der Waals surface area (Å²) in [4.78, 5) is 0. The molecule has 1 atom stereocenters. The van der Waals surface area contributed by atoms with Crippen LogP contribution in [0.25, 0.3) is 0 Å². The van der Waals surface area contributed by atoms with Crippen molar-refractivity contribution in [2.24, 2.45) is 7.05 Å². The molecule has 0 fully saturated rings. The highest BCUT2D eigenvalue weighted by molar-refractivity contribution is 5.29. The standard InChI is InChI=1S/C17H24FN3O/c1-5-16(17-11(2)20-21(4)12(17)3)19-9-13-6-7-15(18)14(8-13)10-22/h6-8,16,19,22H,5,9-10H2,1-4H3. The van der Waals surface area contributed by atoms with Crippen molar-refractivity contribution in [3.63, 3.8) is 0 Å². The Morgan fingerprint density at radius 3 is 2.64 bits per heavy atom. The van der Waals surface area contributed by atoms with Gasteiger partial charge in [0.05, 0.1) is 12.3 Å². The van der Waals surface area contributed by atoms with E-state index in [2.05, 4.69) is 24.3 Å². The van der Waals surface area contributed by atoms with Gasteiger partial charge in [-0.1, -0.05) is 13.0 Å². The number of aliphatic hydroxyl groups excluding tert-OH is 1. The summed E-state index contributed by atoms with van der Waals surface area (Å²) in [6.07, 6.45) is 0.946. The summed E-state index contributed by atoms with van der Waals surface area (Å²) >= 11 is 0. The van der Waals surface area contributed by atoms with Crippen LogP contribution in [0.1, 0.15) is 47.5 Å². The van der Waals surface area contributed by atoms with Crippen LogP contribution in [0.3, 0.4) is 0 Å². The van der Waals surface area contributed by atoms with Crippen LogP contribution in [0.4, 0.5) is 4.39 Å². The number of aromatic nitrogens is 2. The second-order valence-electron chi connectivity index (χ2n) is 5.63. The Hall–Kier alpha value is -1.72. The number of benzene rings is 1. The van der Waals surface area contributed by atoms with Crippen molar-refractivity contribution < 1.29 is 9.50 Å². The van der Waals surface area contributed by atoms with Gasteiger partial charge in [0.2, 0.25) is 0 Å². The van der Waals surface area contributed by atoms with Crippen molar-refractivity contribution in [2.75, 3.05) is 0 Å². The molecule has 5 heteroatoms. The zero-order valence-electron chi connectivity index (χ0n) is 13.7. The zero-order chi connectivity index (χ0) is 16.3. The molecule has 0 aliphatic rings. The van der Waals surface area contributed by atoms with Crippen molar-refractivity contribution in [3.05, 3.63) is 52.1 Å². The Bertz CT molecular complexity index is 652. The lowest BCUT2D eigenvalue weighted by Crippen LogP contribution is -2.21. The van der Waals surface area contributed by atoms with Crippen molar-refractivity contribution in [3.8, 4) is 0 Å². The molecule has 0 aliphatic carbocycles. The summed E-state index contributed by atoms with van der Waals surface area (Å²) in [5, 5.41) is 17.1. The van der Waals surface area contributed by atoms with E-state index < -0.39 is 0 Å². The smallest absolute Gasteiger partial charge is 0.128 e. The van der Waals surface area contributed by atoms with E-state index in [0.29, 0.717) is 12.1 Å². The summed E-state index contributed by atoms with van der Waals surface area (Å²) in [5.41, 5.74) is 4.72. The fourth-order valence-electron chi connectivity index (χ4n) is 2.85. The van der Waals surface area contributed by atoms with Gasteiger partial charge in [-0.2, -0.15) is 5.10 Å². The minimum atomic E-state index is -0.364. The van der Waals surface area contributed by atoms with Gasteiger partial charge in [0.1, 0.15) is 5.82 Å². The molecule has 0 saturated carbocycles. The highest BCUT2D eigenvalue weighted by Gasteiger charge is 2.18. The lowest BCUT2D eigenvalue weighted by molar-refractivity contribution is 0.275. The third-order valence-electron chi connectivity index (χ3n) is 4.15. The van der Waals surface area contributed by atoms with Crippen molar-refractivity contribution in [1.82, 2.24) is 15.1 Å². The first-order valence-corrected chi connectivity index (χ1v) is 7.59. The molecule has 1 heterocycles. The predicted molar refractivity (Wildman–Crippen MR) is 84.9 cm³/mol. The summed E-state index contributed by atoms with van der Waals surface area (Å²) in [6, 6.07) is 5.07. The summed E-state index contributed by atoms with van der Waals surface area (Å²) in [6.45, 7) is 6.57. The molecule has 0 bridgehead atoms. The predicted octanol–water partition coefficient (Wildman–Crippen LogP) is 2.91. The Balaban J connectivity index is 2.14. The Morgan fingerprint density at radius 2 is 2.09 bits per heavy atom. The molecule has 4 nitrogen and oxygen atoms in total. The molecule has 120 valence electrons. The normalized spacial score (nSPS) is 12.6. The maximum absolute atomic E-state index is 13.4. The first kappa shape index (κ1) is 16.6. The summed E-state index contributed by atoms with van der Waals surface area (Å²) in [5.74, 6) is -0.364. The molecule has 1 aromatic carbocycles. The number of aliphatic hydroxyl groups is 1. The maximum Gasteiger partial charge on any atom is 0.128 e. The van der Waals surface area contributed by atoms with Gasteiger partial charge in [-0.15, -0.1) is 0 Å². The second-order valence-corrected chi connectivity index (χ2v) is 5.63. The lowest BCUT2D eigenvalue weighted by Gasteiger charge is -2.18. The van der Waals surface area contributed by atoms with E-state index in [1.165, 1.54) is 11.6 Å². The van der Waals surface area contributed by atoms with Gasteiger partial charge in [0, 0.05) is 36.5 Å². The minimum absolute atomic E-state index is 0.205. The van der Waals surface area contributed by atoms with E-state index in [0.717, 1.165) is 23.4 Å². The largest absolute Gasteiger partial charge is 0.392 e. The number of halogens is 1. The van der Waals surface area contributed by atoms with Gasteiger partial charge in [-0.3, -0.25) is 4.68 Å². The molecular weight excluding hydrogens is 281 g/mol. The first-order valence-electron chi connectivity index (χ1n) is 7.59. The third-order valence-corrected chi connectivity index (χ3v) is 4.15. The molecule has 0 saturated heterocycles. The minimum Gasteiger partial charge on any atom is -0.392 e. The van der Waals surface area contributed by atoms with E-state index in [1.807, 2.05) is 18.7 Å². The number of hydrogen-bond donors (Lipinski definition) is 2. The number of rotatable bonds is 6. The molecule has 2 rings (SSSR count). The van der Waals surface area contributed by atoms with Gasteiger partial charge < -0.3 is 10.4 Å². The molecule has 1 unspecified atom stereocenters. The molecule has 0 aliphatic heterocycles. The van der Waals surface area contributed by atoms with Crippen LogP contribution in [0.5, 0.6) is 0 Å². The van der Waals surface area contributed by atoms with Gasteiger partial charge in [0.15, 0.2) is 0 Å². The Kier molecular flexibility index (Phi) is 5.32. The number of hydrogen-bond acceptors (Lipinski definition) is 3. The number of nitrogens with zero attached hydrogens (tertiary/aromatic N) is 2. The fourth-order valence-corrected chi connectivity index (χ4v) is 2.85. The quantitative estimate of drug-likeness (QED) is 0.863. The van der Waals surface area contributed by atoms with Crippen LogP contribution >= 0.6 is 0 Å². The van der Waals surface area contributed by atoms with Crippen LogP contribution in [0, 0.1) is 19.7 Å². The topological polar surface area (TPSA) is 50.1 Å². The Labute approximate surface area is 131 Å². The molecule has 0 spiro atoms. The molecule has 0 radical (unpaired) electrons. The van der Waals surface area contributed by atoms with Gasteiger partial charge in [0.25, 0.3) is 0 Å². The van der Waals surface area contributed by atoms with Gasteiger partial charge in [-0.25, -0.2) is 4.39 Å². The SMILES string of the molecule is CCC(NCc1ccc(F)c(CO)c1)c1c(C)nn(C)c1C. The molecule has 0 amide bonds. The average molecular weight is 305 g/mol. The molecule has 1 aromatic heterocycles. The highest BCUT2D eigenvalue weighted by atomic mass is 19.1. The number of nitrogens with one attached hydrogen (secondary N) is 1. The average Bonchev–Trinajstić information content (AvgIpc) is 2.75. The van der Waals surface area contributed by atoms with Crippen molar-refractivity contribution in [1.29, 1.82) is 0 Å². The molecule has 2 N–H and O–H groups in total. The van der Waals surface area contributed by atoms with E-state index in [1.54, 1.807) is 12.1 Å².